The second kappa shape index (κ2) is 30.8. The number of carbonyl (C=O) groups is 2. The average Bonchev–Trinajstić information content (AvgIpc) is 1.16. The number of benzene rings is 6. The molecule has 0 aliphatic carbocycles. The quantitative estimate of drug-likeness (QED) is 0.0146. The molecule has 0 N–H and O–H groups in total. The summed E-state index contributed by atoms with van der Waals surface area (Å²) in [5.74, 6) is 3.38. The fraction of sp³-hybridized carbons (Fsp3) is 0.417. The van der Waals surface area contributed by atoms with E-state index in [-0.39, 0.29) is 46.4 Å². The lowest BCUT2D eigenvalue weighted by Gasteiger charge is -2.29. The maximum atomic E-state index is 12.4. The Bertz CT molecular complexity index is 3060. The van der Waals surface area contributed by atoms with Gasteiger partial charge in [-0.15, -0.1) is 0 Å². The first-order chi connectivity index (χ1) is 40.6. The lowest BCUT2D eigenvalue weighted by molar-refractivity contribution is -0.258. The highest BCUT2D eigenvalue weighted by molar-refractivity contribution is 7.57. The van der Waals surface area contributed by atoms with Gasteiger partial charge in [0, 0.05) is 47.9 Å². The normalized spacial score (nSPS) is 12.0. The van der Waals surface area contributed by atoms with E-state index >= 15 is 0 Å². The molecule has 0 aliphatic heterocycles. The van der Waals surface area contributed by atoms with Crippen LogP contribution in [-0.2, 0) is 86.0 Å². The van der Waals surface area contributed by atoms with Crippen LogP contribution in [0.4, 0.5) is 0 Å². The van der Waals surface area contributed by atoms with E-state index in [1.165, 1.54) is 0 Å². The Morgan fingerprint density at radius 1 is 0.384 bits per heavy atom. The van der Waals surface area contributed by atoms with Crippen LogP contribution in [0.15, 0.2) is 146 Å². The van der Waals surface area contributed by atoms with Crippen LogP contribution in [-0.4, -0.2) is 38.4 Å². The van der Waals surface area contributed by atoms with Crippen molar-refractivity contribution in [3.63, 3.8) is 0 Å². The molecule has 14 heteroatoms. The summed E-state index contributed by atoms with van der Waals surface area (Å²) in [5.41, 5.74) is 8.81. The number of carbonyl (C=O) groups excluding carboxylic acids is 2. The van der Waals surface area contributed by atoms with Crippen LogP contribution in [0.3, 0.4) is 0 Å². The molecule has 0 unspecified atom stereocenters. The highest BCUT2D eigenvalue weighted by atomic mass is 31.2. The maximum absolute atomic E-state index is 12.4. The van der Waals surface area contributed by atoms with Gasteiger partial charge in [0.15, 0.2) is 0 Å². The highest BCUT2D eigenvalue weighted by Gasteiger charge is 2.31. The van der Waals surface area contributed by atoms with Gasteiger partial charge >= 0.3 is 28.7 Å². The van der Waals surface area contributed by atoms with Crippen LogP contribution in [0.1, 0.15) is 168 Å². The van der Waals surface area contributed by atoms with Crippen molar-refractivity contribution < 1.29 is 56.7 Å². The van der Waals surface area contributed by atoms with Crippen LogP contribution >= 0.6 is 16.8 Å². The molecule has 6 aromatic rings. The lowest BCUT2D eigenvalue weighted by atomic mass is 9.85. The summed E-state index contributed by atoms with van der Waals surface area (Å²) >= 11 is 0. The topological polar surface area (TPSA) is 126 Å². The first kappa shape index (κ1) is 68.4. The standard InChI is InChI=1S/C72H92O12P2/c1-19-75-67(73)41-27-51-23-37-63(59(45-51)69(7,8)9)81-85(82-64-38-24-52(28-42-68(74)76-20-2)46-60(64)70(10,11)12)57-33-29-55(30-34-57)56-31-35-58(36-32-56)86(83-65-39-25-53(43-49(5)79-77-21-3)47-61(65)71(13,14)15)84-66-40-26-54(44-50(6)80-78-22-4)48-62(66)72(16,17)18/h23-26,29-40,45-48H,5-6,19-22,27-28,41-44H2,1-4,7-18H3. The molecule has 6 rings (SSSR count). The zero-order valence-electron chi connectivity index (χ0n) is 53.8. The largest absolute Gasteiger partial charge is 0.466 e. The van der Waals surface area contributed by atoms with E-state index in [0.717, 1.165) is 66.2 Å². The molecule has 0 atom stereocenters. The van der Waals surface area contributed by atoms with Gasteiger partial charge in [-0.2, -0.15) is 9.78 Å². The number of ether oxygens (including phenoxy) is 2. The highest BCUT2D eigenvalue weighted by Crippen LogP contribution is 2.49. The molecule has 0 amide bonds. The summed E-state index contributed by atoms with van der Waals surface area (Å²) in [4.78, 5) is 46.0. The first-order valence-corrected chi connectivity index (χ1v) is 32.3. The van der Waals surface area contributed by atoms with E-state index < -0.39 is 16.8 Å². The zero-order chi connectivity index (χ0) is 63.0. The van der Waals surface area contributed by atoms with Crippen molar-refractivity contribution in [1.82, 2.24) is 0 Å². The predicted octanol–water partition coefficient (Wildman–Crippen LogP) is 17.8. The minimum absolute atomic E-state index is 0.224. The SMILES string of the molecule is C=C(Cc1ccc(OP(Oc2ccc(CC(=C)OOCC)cc2C(C)(C)C)c2ccc(-c3ccc(P(Oc4ccc(CCC(=O)OCC)cc4C(C)(C)C)Oc4ccc(CCC(=O)OCC)cc4C(C)(C)C)cc3)cc2)c(C(C)(C)C)c1)OOCC. The number of allylic oxidation sites excluding steroid dienone is 2. The van der Waals surface area contributed by atoms with Crippen LogP contribution in [0.2, 0.25) is 0 Å². The van der Waals surface area contributed by atoms with Crippen molar-refractivity contribution in [2.75, 3.05) is 26.4 Å². The molecule has 86 heavy (non-hydrogen) atoms. The van der Waals surface area contributed by atoms with E-state index in [4.69, 9.17) is 47.1 Å². The van der Waals surface area contributed by atoms with Gasteiger partial charge < -0.3 is 37.3 Å². The summed E-state index contributed by atoms with van der Waals surface area (Å²) in [6, 6.07) is 41.4. The number of esters is 2. The van der Waals surface area contributed by atoms with E-state index in [1.807, 2.05) is 76.2 Å². The molecule has 0 saturated carbocycles. The molecular formula is C72H92O12P2. The number of hydrogen-bond acceptors (Lipinski definition) is 12. The van der Waals surface area contributed by atoms with E-state index in [1.54, 1.807) is 0 Å². The number of rotatable bonds is 29. The fourth-order valence-corrected chi connectivity index (χ4v) is 12.0. The Hall–Kier alpha value is -6.68. The van der Waals surface area contributed by atoms with Crippen LogP contribution in [0, 0.1) is 0 Å². The van der Waals surface area contributed by atoms with Crippen molar-refractivity contribution in [3.8, 4) is 34.1 Å². The first-order valence-electron chi connectivity index (χ1n) is 29.9. The van der Waals surface area contributed by atoms with Gasteiger partial charge in [-0.3, -0.25) is 9.59 Å². The smallest absolute Gasteiger partial charge is 0.326 e. The molecule has 0 saturated heterocycles. The Labute approximate surface area is 515 Å². The molecule has 0 fully saturated rings. The van der Waals surface area contributed by atoms with Gasteiger partial charge in [0.25, 0.3) is 0 Å². The van der Waals surface area contributed by atoms with Crippen molar-refractivity contribution in [1.29, 1.82) is 0 Å². The van der Waals surface area contributed by atoms with Gasteiger partial charge in [-0.05, 0) is 144 Å². The van der Waals surface area contributed by atoms with Gasteiger partial charge in [0.05, 0.1) is 37.0 Å². The predicted molar refractivity (Wildman–Crippen MR) is 349 cm³/mol. The third-order valence-electron chi connectivity index (χ3n) is 13.9. The molecule has 12 nitrogen and oxygen atoms in total. The van der Waals surface area contributed by atoms with Crippen LogP contribution < -0.4 is 28.7 Å². The van der Waals surface area contributed by atoms with Crippen molar-refractivity contribution >= 4 is 39.3 Å². The maximum Gasteiger partial charge on any atom is 0.326 e. The van der Waals surface area contributed by atoms with Crippen LogP contribution in [0.25, 0.3) is 11.1 Å². The Balaban J connectivity index is 1.40. The number of aryl methyl sites for hydroxylation is 2. The Kier molecular flexibility index (Phi) is 24.5. The van der Waals surface area contributed by atoms with Crippen molar-refractivity contribution in [3.05, 3.63) is 191 Å². The van der Waals surface area contributed by atoms with Gasteiger partial charge in [0.2, 0.25) is 0 Å². The summed E-state index contributed by atoms with van der Waals surface area (Å²) in [7, 11) is -3.58. The third-order valence-corrected chi connectivity index (χ3v) is 16.8. The van der Waals surface area contributed by atoms with E-state index in [9.17, 15) is 9.59 Å². The van der Waals surface area contributed by atoms with Crippen molar-refractivity contribution in [2.24, 2.45) is 0 Å². The fourth-order valence-electron chi connectivity index (χ4n) is 9.42. The van der Waals surface area contributed by atoms with Gasteiger partial charge in [-0.25, -0.2) is 0 Å². The minimum atomic E-state index is -1.80. The van der Waals surface area contributed by atoms with Crippen LogP contribution in [0.5, 0.6) is 23.0 Å². The number of hydrogen-bond donors (Lipinski definition) is 0. The van der Waals surface area contributed by atoms with Gasteiger partial charge in [-0.1, -0.05) is 169 Å². The summed E-state index contributed by atoms with van der Waals surface area (Å²) in [5, 5.41) is 1.74. The molecule has 0 aromatic heterocycles. The van der Waals surface area contributed by atoms with Crippen molar-refractivity contribution in [2.45, 2.75) is 171 Å². The Morgan fingerprint density at radius 3 is 0.930 bits per heavy atom. The second-order valence-corrected chi connectivity index (χ2v) is 28.1. The molecule has 0 aliphatic rings. The van der Waals surface area contributed by atoms with E-state index in [0.29, 0.717) is 86.6 Å². The zero-order valence-corrected chi connectivity index (χ0v) is 55.6. The monoisotopic (exact) mass is 1210 g/mol. The summed E-state index contributed by atoms with van der Waals surface area (Å²) in [6.07, 6.45) is 2.60. The molecule has 0 heterocycles. The third kappa shape index (κ3) is 20.2. The molecule has 462 valence electrons. The van der Waals surface area contributed by atoms with E-state index in [2.05, 4.69) is 169 Å². The average molecular weight is 1210 g/mol. The molecule has 0 spiro atoms. The molecule has 0 radical (unpaired) electrons. The lowest BCUT2D eigenvalue weighted by Crippen LogP contribution is -2.18. The molecule has 6 aromatic carbocycles. The second-order valence-electron chi connectivity index (χ2n) is 25.3. The summed E-state index contributed by atoms with van der Waals surface area (Å²) in [6.45, 7) is 43.0. The minimum Gasteiger partial charge on any atom is -0.466 e. The Morgan fingerprint density at radius 2 is 0.663 bits per heavy atom. The molecular weight excluding hydrogens is 1120 g/mol. The summed E-state index contributed by atoms with van der Waals surface area (Å²) < 4.78 is 39.1. The van der Waals surface area contributed by atoms with Gasteiger partial charge in [0.1, 0.15) is 34.5 Å². The molecule has 0 bridgehead atoms.